The van der Waals surface area contributed by atoms with E-state index in [0.29, 0.717) is 0 Å². The minimum absolute atomic E-state index is 0.873. The van der Waals surface area contributed by atoms with Crippen molar-refractivity contribution in [3.05, 3.63) is 224 Å². The van der Waals surface area contributed by atoms with E-state index in [1.54, 1.807) is 0 Å². The van der Waals surface area contributed by atoms with Crippen LogP contribution in [0.15, 0.2) is 229 Å². The summed E-state index contributed by atoms with van der Waals surface area (Å²) in [5, 5.41) is 10.2. The third-order valence-electron chi connectivity index (χ3n) is 11.6. The fourth-order valence-corrected chi connectivity index (χ4v) is 14.9. The number of furan rings is 1. The van der Waals surface area contributed by atoms with E-state index in [0.717, 1.165) is 39.0 Å². The van der Waals surface area contributed by atoms with Crippen LogP contribution in [0.3, 0.4) is 0 Å². The fraction of sp³-hybridized carbons (Fsp3) is 0. The lowest BCUT2D eigenvalue weighted by Crippen LogP contribution is -2.74. The number of para-hydroxylation sites is 1. The average Bonchev–Trinajstić information content (AvgIpc) is 3.86. The van der Waals surface area contributed by atoms with Crippen molar-refractivity contribution in [3.63, 3.8) is 0 Å². The molecule has 0 bridgehead atoms. The van der Waals surface area contributed by atoms with Gasteiger partial charge in [-0.05, 0) is 80.4 Å². The highest BCUT2D eigenvalue weighted by Gasteiger charge is 2.41. The van der Waals surface area contributed by atoms with Gasteiger partial charge >= 0.3 is 0 Å². The molecule has 0 saturated carbocycles. The van der Waals surface area contributed by atoms with Crippen molar-refractivity contribution in [2.45, 2.75) is 0 Å². The van der Waals surface area contributed by atoms with Gasteiger partial charge < -0.3 is 9.32 Å². The normalized spacial score (nSPS) is 11.8. The highest BCUT2D eigenvalue weighted by Crippen LogP contribution is 2.43. The van der Waals surface area contributed by atoms with Crippen LogP contribution in [0.25, 0.3) is 53.2 Å². The van der Waals surface area contributed by atoms with Crippen LogP contribution in [-0.4, -0.2) is 8.07 Å². The van der Waals surface area contributed by atoms with Gasteiger partial charge in [-0.3, -0.25) is 0 Å². The number of anilines is 3. The van der Waals surface area contributed by atoms with E-state index in [2.05, 4.69) is 223 Å². The number of fused-ring (bicyclic) bond motifs is 6. The van der Waals surface area contributed by atoms with Crippen molar-refractivity contribution in [1.82, 2.24) is 0 Å². The maximum atomic E-state index is 6.51. The lowest BCUT2D eigenvalue weighted by atomic mass is 10.0. The predicted molar refractivity (Wildman–Crippen MR) is 250 cm³/mol. The zero-order chi connectivity index (χ0) is 38.5. The first kappa shape index (κ1) is 34.3. The summed E-state index contributed by atoms with van der Waals surface area (Å²) in [5.41, 5.74) is 7.48. The van der Waals surface area contributed by atoms with E-state index in [1.165, 1.54) is 52.0 Å². The van der Waals surface area contributed by atoms with Crippen molar-refractivity contribution in [2.75, 3.05) is 4.90 Å². The van der Waals surface area contributed by atoms with Gasteiger partial charge in [-0.15, -0.1) is 11.3 Å². The van der Waals surface area contributed by atoms with Gasteiger partial charge in [-0.2, -0.15) is 0 Å². The van der Waals surface area contributed by atoms with Crippen molar-refractivity contribution < 1.29 is 4.42 Å². The molecule has 4 heteroatoms. The van der Waals surface area contributed by atoms with Gasteiger partial charge in [0.2, 0.25) is 0 Å². The van der Waals surface area contributed by atoms with Gasteiger partial charge in [0.05, 0.1) is 0 Å². The Bertz CT molecular complexity index is 3130. The molecule has 0 aliphatic carbocycles. The van der Waals surface area contributed by atoms with Crippen molar-refractivity contribution in [1.29, 1.82) is 0 Å². The van der Waals surface area contributed by atoms with Crippen LogP contribution in [-0.2, 0) is 0 Å². The monoisotopic (exact) mass is 775 g/mol. The first-order valence-corrected chi connectivity index (χ1v) is 22.6. The summed E-state index contributed by atoms with van der Waals surface area (Å²) in [4.78, 5) is 2.41. The minimum Gasteiger partial charge on any atom is -0.456 e. The summed E-state index contributed by atoms with van der Waals surface area (Å²) < 4.78 is 9.05. The zero-order valence-corrected chi connectivity index (χ0v) is 33.4. The quantitative estimate of drug-likeness (QED) is 0.113. The molecule has 0 saturated heterocycles. The number of benzene rings is 9. The molecular weight excluding hydrogens is 739 g/mol. The van der Waals surface area contributed by atoms with Gasteiger partial charge in [0.25, 0.3) is 0 Å². The molecule has 58 heavy (non-hydrogen) atoms. The Kier molecular flexibility index (Phi) is 8.39. The molecule has 0 aliphatic heterocycles. The molecule has 0 spiro atoms. The smallest absolute Gasteiger partial charge is 0.179 e. The molecule has 9 aromatic carbocycles. The Hall–Kier alpha value is -6.98. The zero-order valence-electron chi connectivity index (χ0n) is 31.6. The van der Waals surface area contributed by atoms with E-state index in [4.69, 9.17) is 4.42 Å². The number of hydrogen-bond acceptors (Lipinski definition) is 3. The first-order chi connectivity index (χ1) is 28.7. The Labute approximate surface area is 342 Å². The SMILES string of the molecule is c1ccc(-c2ccc3c(c2)sc2cc(N(c4cccc([Si](c5ccccc5)(c5ccccc5)c5ccccc5)c4)c4ccc5c(c4)oc4ccccc45)ccc23)cc1. The number of hydrogen-bond donors (Lipinski definition) is 0. The van der Waals surface area contributed by atoms with Crippen molar-refractivity contribution >= 4 is 99.3 Å². The van der Waals surface area contributed by atoms with Crippen LogP contribution in [0.5, 0.6) is 0 Å². The van der Waals surface area contributed by atoms with E-state index in [9.17, 15) is 0 Å². The molecule has 0 fully saturated rings. The van der Waals surface area contributed by atoms with E-state index in [1.807, 2.05) is 17.4 Å². The van der Waals surface area contributed by atoms with Crippen LogP contribution < -0.4 is 25.6 Å². The van der Waals surface area contributed by atoms with Gasteiger partial charge in [0.15, 0.2) is 8.07 Å². The largest absolute Gasteiger partial charge is 0.456 e. The Morgan fingerprint density at radius 2 is 0.828 bits per heavy atom. The molecule has 0 atom stereocenters. The topological polar surface area (TPSA) is 16.4 Å². The second kappa shape index (κ2) is 14.2. The summed E-state index contributed by atoms with van der Waals surface area (Å²) in [6.45, 7) is 0. The summed E-state index contributed by atoms with van der Waals surface area (Å²) in [5.74, 6) is 0. The van der Waals surface area contributed by atoms with Crippen LogP contribution >= 0.6 is 11.3 Å². The van der Waals surface area contributed by atoms with E-state index < -0.39 is 8.07 Å². The second-order valence-corrected chi connectivity index (χ2v) is 19.8. The Morgan fingerprint density at radius 1 is 0.328 bits per heavy atom. The van der Waals surface area contributed by atoms with Crippen LogP contribution in [0.4, 0.5) is 17.1 Å². The molecular formula is C54H37NOSSi. The first-order valence-electron chi connectivity index (χ1n) is 19.7. The lowest BCUT2D eigenvalue weighted by molar-refractivity contribution is 0.669. The van der Waals surface area contributed by atoms with Gasteiger partial charge in [0.1, 0.15) is 11.2 Å². The molecule has 0 amide bonds. The highest BCUT2D eigenvalue weighted by molar-refractivity contribution is 7.26. The average molecular weight is 776 g/mol. The lowest BCUT2D eigenvalue weighted by Gasteiger charge is -2.35. The molecule has 2 aromatic heterocycles. The molecule has 0 N–H and O–H groups in total. The third-order valence-corrected chi connectivity index (χ3v) is 17.5. The fourth-order valence-electron chi connectivity index (χ4n) is 8.96. The molecule has 274 valence electrons. The van der Waals surface area contributed by atoms with Crippen molar-refractivity contribution in [3.8, 4) is 11.1 Å². The standard InChI is InChI=1S/C54H37NOSSi/c1-5-16-38(17-6-1)39-28-31-49-50-33-30-42(37-54(50)57-53(49)34-39)55(41-29-32-48-47-26-13-14-27-51(47)56-52(48)36-41)40-18-15-25-46(35-40)58(43-19-7-2-8-20-43,44-21-9-3-10-22-44)45-23-11-4-12-24-45/h1-37H. The molecule has 2 nitrogen and oxygen atoms in total. The molecule has 11 aromatic rings. The van der Waals surface area contributed by atoms with Crippen LogP contribution in [0.2, 0.25) is 0 Å². The van der Waals surface area contributed by atoms with E-state index >= 15 is 0 Å². The number of thiophene rings is 1. The Morgan fingerprint density at radius 3 is 1.50 bits per heavy atom. The summed E-state index contributed by atoms with van der Waals surface area (Å²) in [6.07, 6.45) is 0. The van der Waals surface area contributed by atoms with Crippen LogP contribution in [0.1, 0.15) is 0 Å². The molecule has 0 aliphatic rings. The summed E-state index contributed by atoms with van der Waals surface area (Å²) in [7, 11) is -2.79. The van der Waals surface area contributed by atoms with Crippen molar-refractivity contribution in [2.24, 2.45) is 0 Å². The maximum absolute atomic E-state index is 6.51. The van der Waals surface area contributed by atoms with Gasteiger partial charge in [0, 0.05) is 54.1 Å². The second-order valence-electron chi connectivity index (χ2n) is 14.9. The molecule has 0 unspecified atom stereocenters. The highest BCUT2D eigenvalue weighted by atomic mass is 32.1. The number of rotatable bonds is 8. The molecule has 2 heterocycles. The van der Waals surface area contributed by atoms with Crippen LogP contribution in [0, 0.1) is 0 Å². The molecule has 11 rings (SSSR count). The Balaban J connectivity index is 1.14. The molecule has 0 radical (unpaired) electrons. The third kappa shape index (κ3) is 5.68. The van der Waals surface area contributed by atoms with E-state index in [-0.39, 0.29) is 0 Å². The number of nitrogens with zero attached hydrogens (tertiary/aromatic N) is 1. The minimum atomic E-state index is -2.79. The summed E-state index contributed by atoms with van der Waals surface area (Å²) in [6, 6.07) is 82.2. The maximum Gasteiger partial charge on any atom is 0.179 e. The predicted octanol–water partition coefficient (Wildman–Crippen LogP) is 12.5. The summed E-state index contributed by atoms with van der Waals surface area (Å²) >= 11 is 1.86. The van der Waals surface area contributed by atoms with Gasteiger partial charge in [-0.1, -0.05) is 170 Å². The van der Waals surface area contributed by atoms with Gasteiger partial charge in [-0.25, -0.2) is 0 Å².